The van der Waals surface area contributed by atoms with Crippen LogP contribution in [0.2, 0.25) is 5.02 Å². The van der Waals surface area contributed by atoms with Crippen LogP contribution in [0.15, 0.2) is 66.9 Å². The zero-order chi connectivity index (χ0) is 33.6. The molecular weight excluding hydrogens is 656 g/mol. The molecule has 3 aromatic carbocycles. The standard InChI is InChI=1S/C32H28ClF2N5O6S/c33-24-6-2-1-4-20(24)22-5-3-7-25(29(22)35)37-32(44)27-13-18(34)14-40(27)28(41)16-39-15-23(30(36)42)21-11-8-17(12-26(21)39)31(43)38-47(45,46)19-9-10-19/h1-8,11-12,15,18-19,27H,9-10,13-14,16H2,(H2,36,42)(H,37,44)(H,38,43)/t18-,27+/m1/s1. The van der Waals surface area contributed by atoms with E-state index < -0.39 is 70.0 Å². The summed E-state index contributed by atoms with van der Waals surface area (Å²) in [5, 5.41) is 2.43. The molecule has 4 N–H and O–H groups in total. The van der Waals surface area contributed by atoms with E-state index >= 15 is 4.39 Å². The topological polar surface area (TPSA) is 161 Å². The molecule has 0 bridgehead atoms. The van der Waals surface area contributed by atoms with E-state index in [2.05, 4.69) is 5.32 Å². The van der Waals surface area contributed by atoms with Crippen LogP contribution in [-0.4, -0.2) is 65.5 Å². The maximum atomic E-state index is 15.5. The van der Waals surface area contributed by atoms with Crippen molar-refractivity contribution in [3.8, 4) is 11.1 Å². The van der Waals surface area contributed by atoms with E-state index in [1.54, 1.807) is 24.3 Å². The number of carbonyl (C=O) groups excluding carboxylic acids is 4. The Kier molecular flexibility index (Phi) is 8.49. The molecule has 4 amide bonds. The highest BCUT2D eigenvalue weighted by Crippen LogP contribution is 2.33. The lowest BCUT2D eigenvalue weighted by atomic mass is 10.0. The van der Waals surface area contributed by atoms with Gasteiger partial charge < -0.3 is 20.5 Å². The fourth-order valence-electron chi connectivity index (χ4n) is 5.69. The Morgan fingerprint density at radius 3 is 2.43 bits per heavy atom. The molecule has 11 nitrogen and oxygen atoms in total. The number of aromatic nitrogens is 1. The number of amides is 4. The van der Waals surface area contributed by atoms with Crippen molar-refractivity contribution < 1.29 is 36.4 Å². The number of primary amides is 1. The highest BCUT2D eigenvalue weighted by atomic mass is 35.5. The number of fused-ring (bicyclic) bond motifs is 1. The second kappa shape index (κ2) is 12.4. The van der Waals surface area contributed by atoms with Crippen molar-refractivity contribution in [1.29, 1.82) is 0 Å². The van der Waals surface area contributed by atoms with Crippen LogP contribution in [-0.2, 0) is 26.2 Å². The summed E-state index contributed by atoms with van der Waals surface area (Å²) in [5.74, 6) is -3.97. The Labute approximate surface area is 272 Å². The highest BCUT2D eigenvalue weighted by Gasteiger charge is 2.40. The largest absolute Gasteiger partial charge is 0.366 e. The van der Waals surface area contributed by atoms with Crippen LogP contribution in [0.3, 0.4) is 0 Å². The minimum absolute atomic E-state index is 0.0262. The zero-order valence-electron chi connectivity index (χ0n) is 24.6. The van der Waals surface area contributed by atoms with Gasteiger partial charge in [0.2, 0.25) is 21.8 Å². The molecule has 244 valence electrons. The number of likely N-dealkylation sites (tertiary alicyclic amines) is 1. The van der Waals surface area contributed by atoms with Gasteiger partial charge in [-0.25, -0.2) is 21.9 Å². The molecule has 47 heavy (non-hydrogen) atoms. The maximum Gasteiger partial charge on any atom is 0.264 e. The number of nitrogens with one attached hydrogen (secondary N) is 2. The lowest BCUT2D eigenvalue weighted by Crippen LogP contribution is -2.44. The van der Waals surface area contributed by atoms with Crippen LogP contribution in [0.5, 0.6) is 0 Å². The van der Waals surface area contributed by atoms with Crippen molar-refractivity contribution in [2.45, 2.75) is 43.3 Å². The number of benzene rings is 3. The molecule has 4 aromatic rings. The predicted octanol–water partition coefficient (Wildman–Crippen LogP) is 4.00. The number of halogens is 3. The number of hydrogen-bond acceptors (Lipinski definition) is 6. The van der Waals surface area contributed by atoms with Gasteiger partial charge in [-0.05, 0) is 37.1 Å². The van der Waals surface area contributed by atoms with Crippen LogP contribution in [0.1, 0.15) is 40.0 Å². The molecule has 6 rings (SSSR count). The second-order valence-electron chi connectivity index (χ2n) is 11.5. The molecule has 0 spiro atoms. The van der Waals surface area contributed by atoms with Crippen molar-refractivity contribution >= 4 is 61.8 Å². The first-order valence-electron chi connectivity index (χ1n) is 14.6. The lowest BCUT2D eigenvalue weighted by Gasteiger charge is -2.24. The van der Waals surface area contributed by atoms with Crippen LogP contribution in [0, 0.1) is 5.82 Å². The third-order valence-corrected chi connectivity index (χ3v) is 10.4. The van der Waals surface area contributed by atoms with Gasteiger partial charge >= 0.3 is 0 Å². The Morgan fingerprint density at radius 2 is 1.72 bits per heavy atom. The van der Waals surface area contributed by atoms with Crippen LogP contribution in [0.4, 0.5) is 14.5 Å². The molecule has 2 heterocycles. The number of hydrogen-bond donors (Lipinski definition) is 3. The van der Waals surface area contributed by atoms with Gasteiger partial charge in [-0.3, -0.25) is 19.2 Å². The number of sulfonamides is 1. The van der Waals surface area contributed by atoms with Gasteiger partial charge in [0.1, 0.15) is 18.8 Å². The SMILES string of the molecule is NC(=O)c1cn(CC(=O)N2C[C@H](F)C[C@H]2C(=O)Nc2cccc(-c3ccccc3Cl)c2F)c2cc(C(=O)NS(=O)(=O)C3CC3)ccc12. The maximum absolute atomic E-state index is 15.5. The molecule has 0 radical (unpaired) electrons. The quantitative estimate of drug-likeness (QED) is 0.242. The first-order valence-corrected chi connectivity index (χ1v) is 16.5. The highest BCUT2D eigenvalue weighted by molar-refractivity contribution is 7.91. The van der Waals surface area contributed by atoms with Crippen molar-refractivity contribution in [3.05, 3.63) is 88.8 Å². The summed E-state index contributed by atoms with van der Waals surface area (Å²) in [6.07, 6.45) is 0.324. The van der Waals surface area contributed by atoms with E-state index in [1.807, 2.05) is 4.72 Å². The average molecular weight is 684 g/mol. The van der Waals surface area contributed by atoms with Gasteiger partial charge in [0.05, 0.1) is 28.6 Å². The third-order valence-electron chi connectivity index (χ3n) is 8.21. The Hall–Kier alpha value is -4.82. The third kappa shape index (κ3) is 6.43. The summed E-state index contributed by atoms with van der Waals surface area (Å²) < 4.78 is 58.2. The van der Waals surface area contributed by atoms with Crippen LogP contribution in [0.25, 0.3) is 22.0 Å². The summed E-state index contributed by atoms with van der Waals surface area (Å²) in [7, 11) is -3.84. The summed E-state index contributed by atoms with van der Waals surface area (Å²) in [4.78, 5) is 52.9. The molecule has 2 atom stereocenters. The molecule has 1 saturated carbocycles. The molecule has 2 fully saturated rings. The summed E-state index contributed by atoms with van der Waals surface area (Å²) in [5.41, 5.74) is 6.09. The molecule has 1 aliphatic carbocycles. The van der Waals surface area contributed by atoms with Crippen LogP contribution >= 0.6 is 11.6 Å². The first-order chi connectivity index (χ1) is 22.3. The van der Waals surface area contributed by atoms with E-state index in [4.69, 9.17) is 17.3 Å². The van der Waals surface area contributed by atoms with E-state index in [0.29, 0.717) is 28.8 Å². The minimum atomic E-state index is -3.84. The van der Waals surface area contributed by atoms with Crippen molar-refractivity contribution in [2.75, 3.05) is 11.9 Å². The summed E-state index contributed by atoms with van der Waals surface area (Å²) in [6, 6.07) is 13.7. The van der Waals surface area contributed by atoms with E-state index in [0.717, 1.165) is 4.90 Å². The van der Waals surface area contributed by atoms with Gasteiger partial charge in [0, 0.05) is 39.7 Å². The summed E-state index contributed by atoms with van der Waals surface area (Å²) >= 11 is 6.24. The van der Waals surface area contributed by atoms with Gasteiger partial charge in [-0.2, -0.15) is 0 Å². The molecule has 2 aliphatic rings. The van der Waals surface area contributed by atoms with E-state index in [-0.39, 0.29) is 34.3 Å². The van der Waals surface area contributed by atoms with Gasteiger partial charge in [0.15, 0.2) is 5.82 Å². The number of nitrogens with zero attached hydrogens (tertiary/aromatic N) is 2. The van der Waals surface area contributed by atoms with Crippen molar-refractivity contribution in [2.24, 2.45) is 5.73 Å². The van der Waals surface area contributed by atoms with Gasteiger partial charge in [-0.15, -0.1) is 0 Å². The van der Waals surface area contributed by atoms with Crippen LogP contribution < -0.4 is 15.8 Å². The predicted molar refractivity (Wildman–Crippen MR) is 170 cm³/mol. The lowest BCUT2D eigenvalue weighted by molar-refractivity contribution is -0.137. The smallest absolute Gasteiger partial charge is 0.264 e. The van der Waals surface area contributed by atoms with Gasteiger partial charge in [-0.1, -0.05) is 48.0 Å². The van der Waals surface area contributed by atoms with E-state index in [9.17, 15) is 32.0 Å². The normalized spacial score (nSPS) is 17.9. The molecular formula is C32H28ClF2N5O6S. The van der Waals surface area contributed by atoms with Gasteiger partial charge in [0.25, 0.3) is 11.8 Å². The van der Waals surface area contributed by atoms with Crippen molar-refractivity contribution in [3.63, 3.8) is 0 Å². The molecule has 1 aliphatic heterocycles. The number of alkyl halides is 1. The number of nitrogens with two attached hydrogens (primary N) is 1. The summed E-state index contributed by atoms with van der Waals surface area (Å²) in [6.45, 7) is -0.893. The second-order valence-corrected chi connectivity index (χ2v) is 13.8. The number of anilines is 1. The molecule has 15 heteroatoms. The molecule has 1 aromatic heterocycles. The molecule has 0 unspecified atom stereocenters. The first kappa shape index (κ1) is 32.1. The Bertz CT molecular complexity index is 2070. The monoisotopic (exact) mass is 683 g/mol. The number of carbonyl (C=O) groups is 4. The Balaban J connectivity index is 1.24. The number of rotatable bonds is 9. The molecule has 1 saturated heterocycles. The average Bonchev–Trinajstić information content (AvgIpc) is 3.74. The zero-order valence-corrected chi connectivity index (χ0v) is 26.2. The fourth-order valence-corrected chi connectivity index (χ4v) is 7.22. The fraction of sp³-hybridized carbons (Fsp3) is 0.250. The van der Waals surface area contributed by atoms with Crippen molar-refractivity contribution in [1.82, 2.24) is 14.2 Å². The van der Waals surface area contributed by atoms with E-state index in [1.165, 1.54) is 47.2 Å². The Morgan fingerprint density at radius 1 is 1.00 bits per heavy atom. The minimum Gasteiger partial charge on any atom is -0.366 e.